The molecule has 0 aliphatic carbocycles. The van der Waals surface area contributed by atoms with Crippen LogP contribution in [0.1, 0.15) is 22.6 Å². The van der Waals surface area contributed by atoms with E-state index < -0.39 is 0 Å². The molecule has 3 aromatic rings. The van der Waals surface area contributed by atoms with Crippen molar-refractivity contribution in [3.8, 4) is 5.69 Å². The van der Waals surface area contributed by atoms with Crippen LogP contribution in [0.5, 0.6) is 0 Å². The smallest absolute Gasteiger partial charge is 0.276 e. The summed E-state index contributed by atoms with van der Waals surface area (Å²) in [6.07, 6.45) is 2.80. The van der Waals surface area contributed by atoms with Gasteiger partial charge in [-0.3, -0.25) is 9.78 Å². The van der Waals surface area contributed by atoms with Crippen LogP contribution in [0, 0.1) is 12.8 Å². The summed E-state index contributed by atoms with van der Waals surface area (Å²) < 4.78 is 1.72. The summed E-state index contributed by atoms with van der Waals surface area (Å²) in [5.41, 5.74) is 3.00. The minimum absolute atomic E-state index is 0. The van der Waals surface area contributed by atoms with Crippen molar-refractivity contribution in [3.63, 3.8) is 0 Å². The molecule has 150 valence electrons. The molecule has 9 heteroatoms. The van der Waals surface area contributed by atoms with E-state index in [1.807, 2.05) is 49.2 Å². The highest BCUT2D eigenvalue weighted by Gasteiger charge is 2.29. The fourth-order valence-electron chi connectivity index (χ4n) is 3.59. The van der Waals surface area contributed by atoms with E-state index in [0.29, 0.717) is 11.6 Å². The number of amides is 1. The van der Waals surface area contributed by atoms with Gasteiger partial charge in [-0.1, -0.05) is 11.3 Å². The monoisotopic (exact) mass is 422 g/mol. The number of aromatic nitrogens is 4. The van der Waals surface area contributed by atoms with E-state index in [4.69, 9.17) is 0 Å². The summed E-state index contributed by atoms with van der Waals surface area (Å²) in [6.45, 7) is 4.37. The van der Waals surface area contributed by atoms with Crippen molar-refractivity contribution in [1.29, 1.82) is 0 Å². The first-order chi connectivity index (χ1) is 12.7. The molecule has 3 heterocycles. The Morgan fingerprint density at radius 1 is 1.29 bits per heavy atom. The molecule has 1 unspecified atom stereocenters. The Morgan fingerprint density at radius 2 is 2.11 bits per heavy atom. The highest BCUT2D eigenvalue weighted by molar-refractivity contribution is 5.93. The average molecular weight is 423 g/mol. The number of hydrogen-bond acceptors (Lipinski definition) is 5. The second-order valence-electron chi connectivity index (χ2n) is 6.78. The van der Waals surface area contributed by atoms with Crippen LogP contribution in [-0.2, 0) is 0 Å². The van der Waals surface area contributed by atoms with E-state index in [2.05, 4.69) is 20.6 Å². The van der Waals surface area contributed by atoms with Crippen LogP contribution in [0.15, 0.2) is 36.5 Å². The number of hydrogen-bond donors (Lipinski definition) is 1. The number of carbonyl (C=O) groups is 1. The topological polar surface area (TPSA) is 75.9 Å². The molecule has 1 fully saturated rings. The van der Waals surface area contributed by atoms with Crippen LogP contribution in [-0.4, -0.2) is 57.5 Å². The number of halogens is 2. The average Bonchev–Trinajstić information content (AvgIpc) is 3.28. The highest BCUT2D eigenvalue weighted by Crippen LogP contribution is 2.21. The van der Waals surface area contributed by atoms with Crippen molar-refractivity contribution in [2.75, 3.05) is 26.7 Å². The zero-order valence-electron chi connectivity index (χ0n) is 15.8. The molecule has 0 saturated carbocycles. The molecule has 0 radical (unpaired) electrons. The van der Waals surface area contributed by atoms with Gasteiger partial charge in [0.05, 0.1) is 16.9 Å². The maximum absolute atomic E-state index is 12.9. The first-order valence-corrected chi connectivity index (χ1v) is 8.88. The zero-order valence-corrected chi connectivity index (χ0v) is 17.5. The second kappa shape index (κ2) is 9.32. The number of fused-ring (bicyclic) bond motifs is 1. The Labute approximate surface area is 176 Å². The first-order valence-electron chi connectivity index (χ1n) is 8.88. The number of nitrogens with one attached hydrogen (secondary N) is 1. The van der Waals surface area contributed by atoms with E-state index >= 15 is 0 Å². The maximum Gasteiger partial charge on any atom is 0.276 e. The molecular formula is C19H24Cl2N6O. The third kappa shape index (κ3) is 4.11. The van der Waals surface area contributed by atoms with Crippen molar-refractivity contribution in [2.45, 2.75) is 13.3 Å². The molecule has 1 amide bonds. The molecular weight excluding hydrogens is 399 g/mol. The molecule has 1 N–H and O–H groups in total. The molecule has 1 aliphatic heterocycles. The predicted octanol–water partition coefficient (Wildman–Crippen LogP) is 2.65. The molecule has 1 aromatic carbocycles. The predicted molar refractivity (Wildman–Crippen MR) is 114 cm³/mol. The molecule has 28 heavy (non-hydrogen) atoms. The van der Waals surface area contributed by atoms with Gasteiger partial charge in [-0.15, -0.1) is 29.9 Å². The molecule has 1 saturated heterocycles. The van der Waals surface area contributed by atoms with Gasteiger partial charge in [0.2, 0.25) is 0 Å². The van der Waals surface area contributed by atoms with Gasteiger partial charge in [-0.2, -0.15) is 0 Å². The second-order valence-corrected chi connectivity index (χ2v) is 6.78. The number of likely N-dealkylation sites (tertiary alicyclic amines) is 1. The SMILES string of the molecule is CNCC1CCN(C(=O)c2nnn(-c3ccc4ncccc4c3)c2C)C1.Cl.Cl. The van der Waals surface area contributed by atoms with Crippen molar-refractivity contribution in [2.24, 2.45) is 5.92 Å². The molecule has 7 nitrogen and oxygen atoms in total. The number of pyridine rings is 1. The largest absolute Gasteiger partial charge is 0.337 e. The van der Waals surface area contributed by atoms with E-state index in [9.17, 15) is 4.79 Å². The highest BCUT2D eigenvalue weighted by atomic mass is 35.5. The van der Waals surface area contributed by atoms with Gasteiger partial charge in [0.15, 0.2) is 5.69 Å². The van der Waals surface area contributed by atoms with Gasteiger partial charge >= 0.3 is 0 Å². The van der Waals surface area contributed by atoms with Gasteiger partial charge in [0, 0.05) is 24.7 Å². The Hall–Kier alpha value is -2.22. The molecule has 4 rings (SSSR count). The summed E-state index contributed by atoms with van der Waals surface area (Å²) in [5.74, 6) is 0.474. The van der Waals surface area contributed by atoms with E-state index in [0.717, 1.165) is 48.3 Å². The lowest BCUT2D eigenvalue weighted by molar-refractivity contribution is 0.0780. The van der Waals surface area contributed by atoms with Gasteiger partial charge < -0.3 is 10.2 Å². The van der Waals surface area contributed by atoms with Gasteiger partial charge in [0.1, 0.15) is 0 Å². The number of benzene rings is 1. The van der Waals surface area contributed by atoms with Crippen LogP contribution < -0.4 is 5.32 Å². The van der Waals surface area contributed by atoms with E-state index in [-0.39, 0.29) is 30.7 Å². The minimum atomic E-state index is -0.0326. The van der Waals surface area contributed by atoms with Crippen LogP contribution in [0.25, 0.3) is 16.6 Å². The van der Waals surface area contributed by atoms with E-state index in [1.165, 1.54) is 0 Å². The molecule has 0 spiro atoms. The van der Waals surface area contributed by atoms with Crippen LogP contribution in [0.3, 0.4) is 0 Å². The molecule has 2 aromatic heterocycles. The number of carbonyl (C=O) groups excluding carboxylic acids is 1. The Morgan fingerprint density at radius 3 is 2.89 bits per heavy atom. The minimum Gasteiger partial charge on any atom is -0.337 e. The lowest BCUT2D eigenvalue weighted by atomic mass is 10.1. The third-order valence-electron chi connectivity index (χ3n) is 4.99. The first kappa shape index (κ1) is 22.1. The fourth-order valence-corrected chi connectivity index (χ4v) is 3.59. The van der Waals surface area contributed by atoms with Crippen LogP contribution in [0.2, 0.25) is 0 Å². The fraction of sp³-hybridized carbons (Fsp3) is 0.368. The van der Waals surface area contributed by atoms with Crippen LogP contribution >= 0.6 is 24.8 Å². The van der Waals surface area contributed by atoms with Crippen molar-refractivity contribution >= 4 is 41.6 Å². The summed E-state index contributed by atoms with van der Waals surface area (Å²) in [4.78, 5) is 19.1. The number of nitrogens with zero attached hydrogens (tertiary/aromatic N) is 5. The number of rotatable bonds is 4. The normalized spacial score (nSPS) is 15.9. The van der Waals surface area contributed by atoms with Crippen molar-refractivity contribution < 1.29 is 4.79 Å². The quantitative estimate of drug-likeness (QED) is 0.699. The van der Waals surface area contributed by atoms with Gasteiger partial charge in [-0.25, -0.2) is 4.68 Å². The summed E-state index contributed by atoms with van der Waals surface area (Å²) in [5, 5.41) is 12.6. The summed E-state index contributed by atoms with van der Waals surface area (Å²) in [6, 6.07) is 9.83. The lowest BCUT2D eigenvalue weighted by Crippen LogP contribution is -2.31. The maximum atomic E-state index is 12.9. The van der Waals surface area contributed by atoms with Gasteiger partial charge in [0.25, 0.3) is 5.91 Å². The van der Waals surface area contributed by atoms with Crippen molar-refractivity contribution in [1.82, 2.24) is 30.2 Å². The zero-order chi connectivity index (χ0) is 18.1. The molecule has 1 atom stereocenters. The molecule has 0 bridgehead atoms. The molecule has 1 aliphatic rings. The van der Waals surface area contributed by atoms with Crippen molar-refractivity contribution in [3.05, 3.63) is 47.9 Å². The van der Waals surface area contributed by atoms with Crippen LogP contribution in [0.4, 0.5) is 0 Å². The summed E-state index contributed by atoms with van der Waals surface area (Å²) in [7, 11) is 1.94. The third-order valence-corrected chi connectivity index (χ3v) is 4.99. The van der Waals surface area contributed by atoms with E-state index in [1.54, 1.807) is 10.9 Å². The standard InChI is InChI=1S/C19H22N6O.2ClH/c1-13-18(19(26)24-9-7-14(12-24)11-20-2)22-23-25(13)16-5-6-17-15(10-16)4-3-8-21-17;;/h3-6,8,10,14,20H,7,9,11-12H2,1-2H3;2*1H. The summed E-state index contributed by atoms with van der Waals surface area (Å²) >= 11 is 0. The lowest BCUT2D eigenvalue weighted by Gasteiger charge is -2.15. The van der Waals surface area contributed by atoms with Gasteiger partial charge in [-0.05, 0) is 57.1 Å². The Balaban J connectivity index is 0.00000140. The Bertz CT molecular complexity index is 961. The Kier molecular flexibility index (Phi) is 7.35.